The van der Waals surface area contributed by atoms with Crippen molar-refractivity contribution in [3.05, 3.63) is 47.0 Å². The van der Waals surface area contributed by atoms with Crippen LogP contribution >= 0.6 is 15.9 Å². The Bertz CT molecular complexity index is 372. The summed E-state index contributed by atoms with van der Waals surface area (Å²) >= 11 is 3.31. The second-order valence-electron chi connectivity index (χ2n) is 3.07. The smallest absolute Gasteiger partial charge is 0.216 e. The lowest BCUT2D eigenvalue weighted by Gasteiger charge is -2.08. The molecule has 0 amide bonds. The van der Waals surface area contributed by atoms with Crippen LogP contribution in [-0.4, -0.2) is 18.5 Å². The van der Waals surface area contributed by atoms with E-state index in [1.165, 1.54) is 0 Å². The molecule has 72 valence electrons. The van der Waals surface area contributed by atoms with Crippen molar-refractivity contribution in [2.24, 2.45) is 4.99 Å². The van der Waals surface area contributed by atoms with Crippen molar-refractivity contribution in [1.29, 1.82) is 0 Å². The number of rotatable bonds is 2. The SMILES string of the molecule is C=C(Br)[C@@H]1CN=C(c2ccccc2)O1. The minimum atomic E-state index is -0.0230. The zero-order valence-corrected chi connectivity index (χ0v) is 9.20. The van der Waals surface area contributed by atoms with Gasteiger partial charge in [0.15, 0.2) is 6.10 Å². The molecule has 0 radical (unpaired) electrons. The second-order valence-corrected chi connectivity index (χ2v) is 4.08. The summed E-state index contributed by atoms with van der Waals surface area (Å²) in [4.78, 5) is 4.31. The van der Waals surface area contributed by atoms with Crippen molar-refractivity contribution in [2.75, 3.05) is 6.54 Å². The van der Waals surface area contributed by atoms with Gasteiger partial charge in [0.05, 0.1) is 6.54 Å². The maximum Gasteiger partial charge on any atom is 0.216 e. The van der Waals surface area contributed by atoms with Crippen LogP contribution < -0.4 is 0 Å². The first kappa shape index (κ1) is 9.46. The quantitative estimate of drug-likeness (QED) is 0.793. The van der Waals surface area contributed by atoms with Gasteiger partial charge in [-0.15, -0.1) is 0 Å². The van der Waals surface area contributed by atoms with Crippen LogP contribution in [0.1, 0.15) is 5.56 Å². The third-order valence-corrected chi connectivity index (χ3v) is 2.54. The standard InChI is InChI=1S/C11H10BrNO/c1-8(12)10-7-13-11(14-10)9-5-3-2-4-6-9/h2-6,10H,1,7H2/t10-/m0/s1. The van der Waals surface area contributed by atoms with Gasteiger partial charge in [-0.2, -0.15) is 0 Å². The highest BCUT2D eigenvalue weighted by molar-refractivity contribution is 9.11. The molecule has 0 spiro atoms. The number of hydrogen-bond acceptors (Lipinski definition) is 2. The maximum absolute atomic E-state index is 5.61. The molecule has 3 heteroatoms. The lowest BCUT2D eigenvalue weighted by Crippen LogP contribution is -2.12. The highest BCUT2D eigenvalue weighted by Crippen LogP contribution is 2.20. The Kier molecular flexibility index (Phi) is 2.68. The van der Waals surface area contributed by atoms with Crippen LogP contribution in [0, 0.1) is 0 Å². The summed E-state index contributed by atoms with van der Waals surface area (Å²) in [5.74, 6) is 0.705. The summed E-state index contributed by atoms with van der Waals surface area (Å²) in [7, 11) is 0. The third-order valence-electron chi connectivity index (χ3n) is 2.02. The van der Waals surface area contributed by atoms with Crippen LogP contribution in [0.15, 0.2) is 46.4 Å². The van der Waals surface area contributed by atoms with Gasteiger partial charge in [0.2, 0.25) is 5.90 Å². The molecule has 0 N–H and O–H groups in total. The van der Waals surface area contributed by atoms with Gasteiger partial charge >= 0.3 is 0 Å². The first-order chi connectivity index (χ1) is 6.77. The molecule has 0 fully saturated rings. The molecule has 0 saturated heterocycles. The molecular formula is C11H10BrNO. The fraction of sp³-hybridized carbons (Fsp3) is 0.182. The number of aliphatic imine (C=N–C) groups is 1. The summed E-state index contributed by atoms with van der Waals surface area (Å²) < 4.78 is 6.45. The largest absolute Gasteiger partial charge is 0.467 e. The van der Waals surface area contributed by atoms with E-state index in [0.717, 1.165) is 10.0 Å². The van der Waals surface area contributed by atoms with Gasteiger partial charge in [-0.1, -0.05) is 40.7 Å². The van der Waals surface area contributed by atoms with Crippen molar-refractivity contribution in [2.45, 2.75) is 6.10 Å². The number of halogens is 1. The Labute approximate surface area is 91.4 Å². The van der Waals surface area contributed by atoms with Crippen molar-refractivity contribution in [1.82, 2.24) is 0 Å². The highest BCUT2D eigenvalue weighted by Gasteiger charge is 2.21. The van der Waals surface area contributed by atoms with E-state index in [4.69, 9.17) is 4.74 Å². The topological polar surface area (TPSA) is 21.6 Å². The molecule has 1 atom stereocenters. The fourth-order valence-corrected chi connectivity index (χ4v) is 1.52. The zero-order chi connectivity index (χ0) is 9.97. The van der Waals surface area contributed by atoms with Gasteiger partial charge < -0.3 is 4.74 Å². The zero-order valence-electron chi connectivity index (χ0n) is 7.61. The average molecular weight is 252 g/mol. The van der Waals surface area contributed by atoms with Crippen LogP contribution in [0.5, 0.6) is 0 Å². The Morgan fingerprint density at radius 2 is 2.14 bits per heavy atom. The molecule has 0 unspecified atom stereocenters. The van der Waals surface area contributed by atoms with E-state index < -0.39 is 0 Å². The van der Waals surface area contributed by atoms with Crippen molar-refractivity contribution in [3.63, 3.8) is 0 Å². The summed E-state index contributed by atoms with van der Waals surface area (Å²) in [5, 5.41) is 0. The van der Waals surface area contributed by atoms with Gasteiger partial charge in [0.1, 0.15) is 0 Å². The predicted molar refractivity (Wildman–Crippen MR) is 60.8 cm³/mol. The summed E-state index contributed by atoms with van der Waals surface area (Å²) in [6.07, 6.45) is -0.0230. The molecular weight excluding hydrogens is 242 g/mol. The van der Waals surface area contributed by atoms with Gasteiger partial charge in [0, 0.05) is 10.0 Å². The van der Waals surface area contributed by atoms with E-state index in [1.807, 2.05) is 30.3 Å². The van der Waals surface area contributed by atoms with E-state index in [1.54, 1.807) is 0 Å². The minimum absolute atomic E-state index is 0.0230. The van der Waals surface area contributed by atoms with Gasteiger partial charge in [0.25, 0.3) is 0 Å². The number of hydrogen-bond donors (Lipinski definition) is 0. The van der Waals surface area contributed by atoms with E-state index in [2.05, 4.69) is 27.5 Å². The lowest BCUT2D eigenvalue weighted by atomic mass is 10.2. The number of nitrogens with zero attached hydrogens (tertiary/aromatic N) is 1. The Morgan fingerprint density at radius 1 is 1.43 bits per heavy atom. The fourth-order valence-electron chi connectivity index (χ4n) is 1.28. The first-order valence-corrected chi connectivity index (χ1v) is 5.17. The Morgan fingerprint density at radius 3 is 2.71 bits per heavy atom. The molecule has 1 aliphatic heterocycles. The molecule has 1 aromatic rings. The monoisotopic (exact) mass is 251 g/mol. The van der Waals surface area contributed by atoms with E-state index in [-0.39, 0.29) is 6.10 Å². The molecule has 0 bridgehead atoms. The molecule has 0 aromatic heterocycles. The van der Waals surface area contributed by atoms with Crippen molar-refractivity contribution >= 4 is 21.8 Å². The molecule has 2 rings (SSSR count). The molecule has 0 saturated carbocycles. The van der Waals surface area contributed by atoms with Crippen molar-refractivity contribution in [3.8, 4) is 0 Å². The van der Waals surface area contributed by atoms with Crippen LogP contribution in [0.3, 0.4) is 0 Å². The minimum Gasteiger partial charge on any atom is -0.467 e. The second kappa shape index (κ2) is 3.96. The van der Waals surface area contributed by atoms with Crippen LogP contribution in [0.4, 0.5) is 0 Å². The average Bonchev–Trinajstić information content (AvgIpc) is 2.68. The number of ether oxygens (including phenoxy) is 1. The maximum atomic E-state index is 5.61. The van der Waals surface area contributed by atoms with Gasteiger partial charge in [-0.05, 0) is 12.1 Å². The lowest BCUT2D eigenvalue weighted by molar-refractivity contribution is 0.272. The molecule has 2 nitrogen and oxygen atoms in total. The summed E-state index contributed by atoms with van der Waals surface area (Å²) in [6, 6.07) is 9.88. The van der Waals surface area contributed by atoms with E-state index >= 15 is 0 Å². The molecule has 1 aromatic carbocycles. The Balaban J connectivity index is 2.13. The Hall–Kier alpha value is -1.09. The summed E-state index contributed by atoms with van der Waals surface area (Å²) in [6.45, 7) is 4.43. The van der Waals surface area contributed by atoms with Crippen LogP contribution in [-0.2, 0) is 4.74 Å². The van der Waals surface area contributed by atoms with Crippen molar-refractivity contribution < 1.29 is 4.74 Å². The molecule has 14 heavy (non-hydrogen) atoms. The predicted octanol–water partition coefficient (Wildman–Crippen LogP) is 2.74. The number of benzene rings is 1. The highest BCUT2D eigenvalue weighted by atomic mass is 79.9. The van der Waals surface area contributed by atoms with Gasteiger partial charge in [-0.25, -0.2) is 4.99 Å². The summed E-state index contributed by atoms with van der Waals surface area (Å²) in [5.41, 5.74) is 1.02. The van der Waals surface area contributed by atoms with E-state index in [9.17, 15) is 0 Å². The molecule has 1 aliphatic rings. The van der Waals surface area contributed by atoms with E-state index in [0.29, 0.717) is 12.4 Å². The van der Waals surface area contributed by atoms with Gasteiger partial charge in [-0.3, -0.25) is 0 Å². The van der Waals surface area contributed by atoms with Crippen LogP contribution in [0.25, 0.3) is 0 Å². The molecule has 1 heterocycles. The molecule has 0 aliphatic carbocycles. The normalized spacial score (nSPS) is 20.1. The van der Waals surface area contributed by atoms with Crippen LogP contribution in [0.2, 0.25) is 0 Å². The third kappa shape index (κ3) is 1.87. The first-order valence-electron chi connectivity index (χ1n) is 4.38.